The van der Waals surface area contributed by atoms with Crippen molar-refractivity contribution in [3.05, 3.63) is 287 Å². The van der Waals surface area contributed by atoms with E-state index in [1.54, 1.807) is 5.56 Å². The minimum atomic E-state index is -1.37. The summed E-state index contributed by atoms with van der Waals surface area (Å²) in [6, 6.07) is 87.6. The summed E-state index contributed by atoms with van der Waals surface area (Å²) in [5, 5.41) is 5.44. The van der Waals surface area contributed by atoms with Gasteiger partial charge < -0.3 is 14.2 Å². The molecule has 0 bridgehead atoms. The molecule has 140 heavy (non-hydrogen) atoms. The zero-order chi connectivity index (χ0) is 104. The second-order valence-electron chi connectivity index (χ2n) is 44.5. The molecule has 0 aromatic heterocycles. The van der Waals surface area contributed by atoms with Crippen LogP contribution in [0.4, 0.5) is 0 Å². The smallest absolute Gasteiger partial charge is 0.316 e. The van der Waals surface area contributed by atoms with Crippen molar-refractivity contribution in [2.24, 2.45) is 16.7 Å². The van der Waals surface area contributed by atoms with Crippen molar-refractivity contribution >= 4 is 55.6 Å². The van der Waals surface area contributed by atoms with Gasteiger partial charge in [-0.15, -0.1) is 0 Å². The van der Waals surface area contributed by atoms with Crippen molar-refractivity contribution in [2.45, 2.75) is 457 Å². The van der Waals surface area contributed by atoms with Gasteiger partial charge >= 0.3 is 17.9 Å². The fraction of sp³-hybridized carbons (Fsp3) is 0.553. The van der Waals surface area contributed by atoms with Gasteiger partial charge in [0.2, 0.25) is 0 Å². The van der Waals surface area contributed by atoms with Crippen molar-refractivity contribution in [2.75, 3.05) is 0 Å². The fourth-order valence-electron chi connectivity index (χ4n) is 18.9. The SMILES string of the molecule is CCC(C)(C)C(=O)Oc1ccc(CC[Si](C(C)C)(C(C)C)C(C)C)cc1.CCC(C)C(=O)OC1(CC)CCCC1.CCC(C)c1ccc(-c2ccccc2)cc1.CCC(C)c1ccc(C[Si](C)(C)C)cc1.CCC(C)c1ccc2ccccc2c1.CCC(C)c1cccc2ccccc12.CCCCC(CCC)c1ccc(C(C)CC)cc1.CCCCC(CCCC)c1ccc(OC(=O)C(C)(C)CC)cc1. The Kier molecular flexibility index (Phi) is 57.5. The van der Waals surface area contributed by atoms with E-state index >= 15 is 0 Å². The van der Waals surface area contributed by atoms with Gasteiger partial charge in [0.1, 0.15) is 17.1 Å². The largest absolute Gasteiger partial charge is 0.459 e. The number of carbonyl (C=O) groups is 3. The lowest BCUT2D eigenvalue weighted by Gasteiger charge is -2.43. The van der Waals surface area contributed by atoms with Crippen LogP contribution in [0.3, 0.4) is 0 Å². The molecule has 10 aromatic carbocycles. The topological polar surface area (TPSA) is 78.9 Å². The number of ether oxygens (including phenoxy) is 3. The Morgan fingerprint density at radius 2 is 0.729 bits per heavy atom. The van der Waals surface area contributed by atoms with Gasteiger partial charge in [-0.3, -0.25) is 14.4 Å². The Bertz CT molecular complexity index is 4950. The third kappa shape index (κ3) is 42.1. The number of unbranched alkanes of at least 4 members (excludes halogenated alkanes) is 3. The van der Waals surface area contributed by atoms with E-state index in [1.165, 1.54) is 205 Å². The molecule has 0 radical (unpaired) electrons. The molecule has 7 atom stereocenters. The Labute approximate surface area is 861 Å². The highest BCUT2D eigenvalue weighted by atomic mass is 28.3. The van der Waals surface area contributed by atoms with Crippen molar-refractivity contribution in [3.63, 3.8) is 0 Å². The van der Waals surface area contributed by atoms with Crippen LogP contribution < -0.4 is 9.47 Å². The van der Waals surface area contributed by atoms with Crippen molar-refractivity contribution < 1.29 is 28.6 Å². The van der Waals surface area contributed by atoms with Gasteiger partial charge in [0.25, 0.3) is 0 Å². The summed E-state index contributed by atoms with van der Waals surface area (Å²) in [4.78, 5) is 36.0. The summed E-state index contributed by atoms with van der Waals surface area (Å²) >= 11 is 0. The zero-order valence-corrected chi connectivity index (χ0v) is 96.9. The summed E-state index contributed by atoms with van der Waals surface area (Å²) in [6.45, 7) is 71.4. The number of fused-ring (bicyclic) bond motifs is 2. The average Bonchev–Trinajstić information content (AvgIpc) is 0.961. The van der Waals surface area contributed by atoms with E-state index < -0.39 is 27.0 Å². The molecule has 6 nitrogen and oxygen atoms in total. The predicted molar refractivity (Wildman–Crippen MR) is 621 cm³/mol. The van der Waals surface area contributed by atoms with E-state index in [4.69, 9.17) is 14.2 Å². The molecule has 10 aromatic rings. The third-order valence-corrected chi connectivity index (χ3v) is 40.1. The number of hydrogen-bond acceptors (Lipinski definition) is 6. The Morgan fingerprint density at radius 1 is 0.357 bits per heavy atom. The van der Waals surface area contributed by atoms with Gasteiger partial charge in [-0.1, -0.05) is 478 Å². The molecule has 0 saturated heterocycles. The lowest BCUT2D eigenvalue weighted by Crippen LogP contribution is -2.44. The maximum atomic E-state index is 12.2. The van der Waals surface area contributed by atoms with Gasteiger partial charge in [-0.05, 0) is 292 Å². The Morgan fingerprint density at radius 3 is 1.15 bits per heavy atom. The number of aryl methyl sites for hydroxylation is 1. The van der Waals surface area contributed by atoms with Gasteiger partial charge in [-0.25, -0.2) is 0 Å². The molecule has 0 aliphatic heterocycles. The molecule has 1 fully saturated rings. The molecule has 7 unspecified atom stereocenters. The summed E-state index contributed by atoms with van der Waals surface area (Å²) in [7, 11) is -2.32. The summed E-state index contributed by atoms with van der Waals surface area (Å²) in [5.41, 5.74) is 17.1. The maximum Gasteiger partial charge on any atom is 0.316 e. The molecule has 0 heterocycles. The third-order valence-electron chi connectivity index (χ3n) is 31.1. The summed E-state index contributed by atoms with van der Waals surface area (Å²) < 4.78 is 16.7. The molecule has 0 spiro atoms. The highest BCUT2D eigenvalue weighted by molar-refractivity contribution is 6.83. The van der Waals surface area contributed by atoms with E-state index in [0.29, 0.717) is 47.0 Å². The molecule has 1 saturated carbocycles. The standard InChI is InChI=1S/C23H40O2Si.C21H34O2.C18H30.C16H18.C14H24Si.2C14H16.C12H22O2/c1-10-23(8,9)22(24)25-21-13-11-20(12-14-21)15-16-26(17(2)3,18(4)5)19(6)7;1-6-9-11-17(12-10-7-2)18-13-15-19(16-14-18)23-20(22)21(4,5)8-3;1-5-8-10-17(9-6-2)18-13-11-16(12-14-18)15(4)7-3;1-3-13(2)14-9-11-16(12-10-14)15-7-5-4-6-8-15;1-6-12(2)14-9-7-13(8-10-14)11-15(3,4)5;1-3-11(2)13-10-6-8-12-7-4-5-9-14(12)13;1-3-11(2)13-9-8-12-6-4-5-7-14(12)10-13;1-4-10(3)11(13)14-12(5-2)8-6-7-9-12/h11-14,17-19H,10,15-16H2,1-9H3;13-17H,6-12H2,1-5H3;11-15,17H,5-10H2,1-4H3;4-13H,3H2,1-2H3;7-10,12H,6,11H2,1-5H3;2*4-11H,3H2,1-2H3;10H,4-9H2,1-3H3. The average molecular weight is 1940 g/mol. The summed E-state index contributed by atoms with van der Waals surface area (Å²) in [5.74, 6) is 5.84. The van der Waals surface area contributed by atoms with E-state index in [2.05, 4.69) is 377 Å². The predicted octanol–water partition coefficient (Wildman–Crippen LogP) is 41.5. The molecule has 0 N–H and O–H groups in total. The highest BCUT2D eigenvalue weighted by Crippen LogP contribution is 2.46. The first-order chi connectivity index (χ1) is 66.6. The molecule has 1 aliphatic carbocycles. The first kappa shape index (κ1) is 124. The fourth-order valence-corrected chi connectivity index (χ4v) is 26.8. The second kappa shape index (κ2) is 65.0. The van der Waals surface area contributed by atoms with Crippen molar-refractivity contribution in [3.8, 4) is 22.6 Å². The molecule has 8 heteroatoms. The van der Waals surface area contributed by atoms with E-state index in [1.807, 2.05) is 79.7 Å². The number of esters is 3. The van der Waals surface area contributed by atoms with Crippen molar-refractivity contribution in [1.82, 2.24) is 0 Å². The zero-order valence-electron chi connectivity index (χ0n) is 94.9. The monoisotopic (exact) mass is 1940 g/mol. The van der Waals surface area contributed by atoms with Gasteiger partial charge in [0.05, 0.1) is 24.8 Å². The van der Waals surface area contributed by atoms with Crippen LogP contribution in [-0.4, -0.2) is 39.7 Å². The quantitative estimate of drug-likeness (QED) is 0.0215. The molecule has 772 valence electrons. The van der Waals surface area contributed by atoms with Crippen LogP contribution in [0.1, 0.15) is 446 Å². The minimum absolute atomic E-state index is 0.00347. The number of carbonyl (C=O) groups excluding carboxylic acids is 3. The molecular formula is C132H200O6Si2. The molecule has 1 aliphatic rings. The Balaban J connectivity index is 0.000000337. The van der Waals surface area contributed by atoms with Crippen LogP contribution in [0.5, 0.6) is 11.5 Å². The summed E-state index contributed by atoms with van der Waals surface area (Å²) in [6.07, 6.45) is 29.3. The molecule has 0 amide bonds. The number of hydrogen-bond donors (Lipinski definition) is 0. The van der Waals surface area contributed by atoms with E-state index in [-0.39, 0.29) is 29.4 Å². The van der Waals surface area contributed by atoms with Gasteiger partial charge in [0, 0.05) is 8.07 Å². The van der Waals surface area contributed by atoms with E-state index in [0.717, 1.165) is 67.5 Å². The molecular weight excluding hydrogens is 1740 g/mol. The maximum absolute atomic E-state index is 12.2. The van der Waals surface area contributed by atoms with Crippen LogP contribution in [0.2, 0.25) is 42.3 Å². The minimum Gasteiger partial charge on any atom is -0.459 e. The highest BCUT2D eigenvalue weighted by Gasteiger charge is 2.42. The Hall–Kier alpha value is -8.44. The van der Waals surface area contributed by atoms with Gasteiger partial charge in [-0.2, -0.15) is 0 Å². The number of rotatable bonds is 42. The first-order valence-corrected chi connectivity index (χ1v) is 61.9. The van der Waals surface area contributed by atoms with Crippen LogP contribution in [-0.2, 0) is 31.6 Å². The number of benzene rings is 10. The van der Waals surface area contributed by atoms with E-state index in [9.17, 15) is 14.4 Å². The van der Waals surface area contributed by atoms with Gasteiger partial charge in [0.15, 0.2) is 0 Å². The van der Waals surface area contributed by atoms with Crippen LogP contribution in [0, 0.1) is 16.7 Å². The lowest BCUT2D eigenvalue weighted by atomic mass is 9.88. The molecule has 11 rings (SSSR count). The second-order valence-corrected chi connectivity index (χ2v) is 56.1. The van der Waals surface area contributed by atoms with Crippen LogP contribution in [0.25, 0.3) is 32.7 Å². The lowest BCUT2D eigenvalue weighted by molar-refractivity contribution is -0.164. The first-order valence-electron chi connectivity index (χ1n) is 55.8. The van der Waals surface area contributed by atoms with Crippen molar-refractivity contribution in [1.29, 1.82) is 0 Å². The van der Waals surface area contributed by atoms with Crippen LogP contribution in [0.15, 0.2) is 237 Å². The van der Waals surface area contributed by atoms with Crippen LogP contribution >= 0.6 is 0 Å². The normalized spacial score (nSPS) is 13.9.